The topological polar surface area (TPSA) is 76.9 Å². The first-order valence-electron chi connectivity index (χ1n) is 11.1. The molecule has 7 heteroatoms. The van der Waals surface area contributed by atoms with Crippen LogP contribution in [0.15, 0.2) is 23.0 Å². The van der Waals surface area contributed by atoms with Crippen LogP contribution in [0, 0.1) is 5.92 Å². The number of hydrogen-bond donors (Lipinski definition) is 1. The van der Waals surface area contributed by atoms with E-state index in [1.165, 1.54) is 9.56 Å². The smallest absolute Gasteiger partial charge is 0.279 e. The van der Waals surface area contributed by atoms with Gasteiger partial charge in [0.05, 0.1) is 5.39 Å². The summed E-state index contributed by atoms with van der Waals surface area (Å²) in [6, 6.07) is 6.12. The highest BCUT2D eigenvalue weighted by Gasteiger charge is 2.24. The Bertz CT molecular complexity index is 1170. The molecular weight excluding hydrogens is 408 g/mol. The minimum Gasteiger partial charge on any atom is -0.324 e. The van der Waals surface area contributed by atoms with E-state index >= 15 is 0 Å². The highest BCUT2D eigenvalue weighted by molar-refractivity contribution is 7.18. The summed E-state index contributed by atoms with van der Waals surface area (Å²) in [5.41, 5.74) is 3.93. The van der Waals surface area contributed by atoms with Crippen molar-refractivity contribution in [2.24, 2.45) is 5.92 Å². The largest absolute Gasteiger partial charge is 0.324 e. The Hall–Kier alpha value is -2.54. The van der Waals surface area contributed by atoms with Crippen molar-refractivity contribution < 1.29 is 4.79 Å². The van der Waals surface area contributed by atoms with Crippen LogP contribution in [0.4, 0.5) is 5.69 Å². The van der Waals surface area contributed by atoms with Crippen molar-refractivity contribution >= 4 is 33.1 Å². The second kappa shape index (κ2) is 8.54. The third-order valence-electron chi connectivity index (χ3n) is 6.12. The van der Waals surface area contributed by atoms with Crippen LogP contribution in [0.1, 0.15) is 74.4 Å². The van der Waals surface area contributed by atoms with Crippen molar-refractivity contribution in [1.29, 1.82) is 0 Å². The van der Waals surface area contributed by atoms with E-state index in [-0.39, 0.29) is 29.8 Å². The number of aryl methyl sites for hydroxylation is 1. The Morgan fingerprint density at radius 2 is 1.90 bits per heavy atom. The number of carbonyl (C=O) groups excluding carboxylic acids is 1. The van der Waals surface area contributed by atoms with Crippen LogP contribution in [0.5, 0.6) is 0 Å². The number of carbonyl (C=O) groups is 1. The number of nitrogens with one attached hydrogen (secondary N) is 1. The summed E-state index contributed by atoms with van der Waals surface area (Å²) in [4.78, 5) is 28.1. The molecule has 164 valence electrons. The third-order valence-corrected chi connectivity index (χ3v) is 7.25. The molecule has 4 rings (SSSR count). The summed E-state index contributed by atoms with van der Waals surface area (Å²) in [7, 11) is 0. The fourth-order valence-electron chi connectivity index (χ4n) is 4.41. The number of nitrogens with zero attached hydrogens (tertiary/aromatic N) is 3. The molecule has 1 aliphatic rings. The van der Waals surface area contributed by atoms with Gasteiger partial charge in [-0.3, -0.25) is 9.59 Å². The predicted molar refractivity (Wildman–Crippen MR) is 126 cm³/mol. The lowest BCUT2D eigenvalue weighted by Crippen LogP contribution is -2.31. The van der Waals surface area contributed by atoms with Gasteiger partial charge in [0.2, 0.25) is 5.91 Å². The van der Waals surface area contributed by atoms with Crippen LogP contribution >= 0.6 is 11.3 Å². The summed E-state index contributed by atoms with van der Waals surface area (Å²) in [5.74, 6) is 0.904. The second-order valence-corrected chi connectivity index (χ2v) is 10.3. The zero-order valence-electron chi connectivity index (χ0n) is 18.9. The molecule has 0 saturated heterocycles. The number of hydrogen-bond acceptors (Lipinski definition) is 5. The quantitative estimate of drug-likeness (QED) is 0.617. The maximum Gasteiger partial charge on any atom is 0.279 e. The van der Waals surface area contributed by atoms with Gasteiger partial charge in [-0.1, -0.05) is 58.0 Å². The Morgan fingerprint density at radius 3 is 2.55 bits per heavy atom. The van der Waals surface area contributed by atoms with Crippen molar-refractivity contribution in [3.63, 3.8) is 0 Å². The van der Waals surface area contributed by atoms with E-state index in [1.54, 1.807) is 11.3 Å². The molecule has 31 heavy (non-hydrogen) atoms. The molecule has 3 aromatic rings. The minimum atomic E-state index is -0.261. The number of aromatic nitrogens is 3. The maximum absolute atomic E-state index is 13.2. The minimum absolute atomic E-state index is 0.146. The number of fused-ring (bicyclic) bond motifs is 3. The third kappa shape index (κ3) is 4.15. The van der Waals surface area contributed by atoms with Gasteiger partial charge in [-0.2, -0.15) is 0 Å². The summed E-state index contributed by atoms with van der Waals surface area (Å²) >= 11 is 1.57. The maximum atomic E-state index is 13.2. The lowest BCUT2D eigenvalue weighted by Gasteiger charge is -2.20. The number of para-hydroxylation sites is 1. The van der Waals surface area contributed by atoms with Crippen LogP contribution in [0.2, 0.25) is 0 Å². The van der Waals surface area contributed by atoms with E-state index in [1.807, 2.05) is 18.2 Å². The average molecular weight is 439 g/mol. The van der Waals surface area contributed by atoms with Gasteiger partial charge in [-0.15, -0.1) is 16.4 Å². The lowest BCUT2D eigenvalue weighted by molar-refractivity contribution is -0.117. The predicted octanol–water partition coefficient (Wildman–Crippen LogP) is 4.86. The second-order valence-electron chi connectivity index (χ2n) is 9.25. The van der Waals surface area contributed by atoms with E-state index in [0.717, 1.165) is 41.6 Å². The van der Waals surface area contributed by atoms with Crippen LogP contribution < -0.4 is 10.9 Å². The average Bonchev–Trinajstić information content (AvgIpc) is 3.08. The molecule has 1 atom stereocenters. The first-order chi connectivity index (χ1) is 14.8. The van der Waals surface area contributed by atoms with Crippen molar-refractivity contribution in [2.45, 2.75) is 72.3 Å². The molecule has 1 aliphatic carbocycles. The Balaban J connectivity index is 1.65. The zero-order chi connectivity index (χ0) is 22.3. The van der Waals surface area contributed by atoms with Gasteiger partial charge in [0.1, 0.15) is 6.54 Å². The number of thiophene rings is 1. The fraction of sp³-hybridized carbons (Fsp3) is 0.500. The highest BCUT2D eigenvalue weighted by Crippen LogP contribution is 2.35. The molecule has 1 aromatic carbocycles. The van der Waals surface area contributed by atoms with Gasteiger partial charge in [0.25, 0.3) is 5.56 Å². The number of benzene rings is 1. The summed E-state index contributed by atoms with van der Waals surface area (Å²) in [5, 5.41) is 12.1. The van der Waals surface area contributed by atoms with Crippen LogP contribution in [0.3, 0.4) is 0 Å². The van der Waals surface area contributed by atoms with E-state index in [2.05, 4.69) is 50.2 Å². The van der Waals surface area contributed by atoms with Crippen molar-refractivity contribution in [1.82, 2.24) is 15.0 Å². The molecule has 0 bridgehead atoms. The lowest BCUT2D eigenvalue weighted by atomic mass is 9.89. The van der Waals surface area contributed by atoms with Crippen LogP contribution in [-0.4, -0.2) is 20.9 Å². The van der Waals surface area contributed by atoms with Gasteiger partial charge in [-0.25, -0.2) is 4.68 Å². The molecule has 0 aliphatic heterocycles. The molecule has 0 spiro atoms. The van der Waals surface area contributed by atoms with Crippen LogP contribution in [-0.2, 0) is 24.2 Å². The molecule has 2 heterocycles. The molecule has 1 amide bonds. The van der Waals surface area contributed by atoms with E-state index < -0.39 is 0 Å². The molecule has 2 aromatic heterocycles. The summed E-state index contributed by atoms with van der Waals surface area (Å²) in [6.07, 6.45) is 2.95. The Kier molecular flexibility index (Phi) is 5.97. The van der Waals surface area contributed by atoms with Gasteiger partial charge < -0.3 is 5.32 Å². The SMILES string of the molecule is CC(C)c1cccc(C(C)C)c1NC(=O)Cn1nnc2sc3c(c2c1=O)CC[C@@H](C)C3. The summed E-state index contributed by atoms with van der Waals surface area (Å²) < 4.78 is 1.20. The Labute approximate surface area is 186 Å². The van der Waals surface area contributed by atoms with E-state index in [4.69, 9.17) is 0 Å². The van der Waals surface area contributed by atoms with E-state index in [0.29, 0.717) is 16.1 Å². The van der Waals surface area contributed by atoms with Gasteiger partial charge in [-0.05, 0) is 53.7 Å². The molecule has 1 N–H and O–H groups in total. The van der Waals surface area contributed by atoms with Crippen molar-refractivity contribution in [3.05, 3.63) is 50.1 Å². The van der Waals surface area contributed by atoms with Gasteiger partial charge in [0, 0.05) is 10.6 Å². The molecular formula is C24H30N4O2S. The number of anilines is 1. The monoisotopic (exact) mass is 438 g/mol. The van der Waals surface area contributed by atoms with Crippen LogP contribution in [0.25, 0.3) is 10.2 Å². The normalized spacial score (nSPS) is 16.2. The number of amides is 1. The van der Waals surface area contributed by atoms with E-state index in [9.17, 15) is 9.59 Å². The van der Waals surface area contributed by atoms with Gasteiger partial charge >= 0.3 is 0 Å². The molecule has 0 fully saturated rings. The van der Waals surface area contributed by atoms with Gasteiger partial charge in [0.15, 0.2) is 4.83 Å². The summed E-state index contributed by atoms with van der Waals surface area (Å²) in [6.45, 7) is 10.5. The van der Waals surface area contributed by atoms with Crippen molar-refractivity contribution in [2.75, 3.05) is 5.32 Å². The molecule has 6 nitrogen and oxygen atoms in total. The standard InChI is InChI=1S/C24H30N4O2S/c1-13(2)16-7-6-8-17(14(3)4)22(16)25-20(29)12-28-24(30)21-18-10-9-15(5)11-19(18)31-23(21)26-27-28/h6-8,13-15H,9-12H2,1-5H3,(H,25,29)/t15-/m1/s1. The molecule has 0 saturated carbocycles. The molecule has 0 radical (unpaired) electrons. The zero-order valence-corrected chi connectivity index (χ0v) is 19.7. The van der Waals surface area contributed by atoms with Crippen molar-refractivity contribution in [3.8, 4) is 0 Å². The molecule has 0 unspecified atom stereocenters. The highest BCUT2D eigenvalue weighted by atomic mass is 32.1. The first kappa shape index (κ1) is 21.7. The number of rotatable bonds is 5. The fourth-order valence-corrected chi connectivity index (χ4v) is 5.72. The Morgan fingerprint density at radius 1 is 1.23 bits per heavy atom. The first-order valence-corrected chi connectivity index (χ1v) is 11.9.